The number of unbranched alkanes of at least 4 members (excludes halogenated alkanes) is 3. The average Bonchev–Trinajstić information content (AvgIpc) is 3.28. The van der Waals surface area contributed by atoms with Crippen LogP contribution in [0.2, 0.25) is 0 Å². The van der Waals surface area contributed by atoms with Crippen molar-refractivity contribution in [1.82, 2.24) is 21.3 Å². The van der Waals surface area contributed by atoms with Crippen LogP contribution in [0.25, 0.3) is 12.2 Å². The van der Waals surface area contributed by atoms with Gasteiger partial charge in [-0.15, -0.1) is 8.67 Å². The molecule has 0 aromatic heterocycles. The molecule has 60 heavy (non-hydrogen) atoms. The molecular formula is C42H54N8O8S2. The van der Waals surface area contributed by atoms with Crippen molar-refractivity contribution < 1.29 is 38.8 Å². The van der Waals surface area contributed by atoms with Crippen LogP contribution in [-0.2, 0) is 18.7 Å². The third-order valence-corrected chi connectivity index (χ3v) is 10.1. The fourth-order valence-electron chi connectivity index (χ4n) is 5.89. The summed E-state index contributed by atoms with van der Waals surface area (Å²) in [6.45, 7) is 9.26. The molecule has 0 aliphatic rings. The van der Waals surface area contributed by atoms with E-state index in [0.29, 0.717) is 55.5 Å². The molecule has 0 atom stereocenters. The predicted molar refractivity (Wildman–Crippen MR) is 237 cm³/mol. The lowest BCUT2D eigenvalue weighted by Gasteiger charge is -2.23. The van der Waals surface area contributed by atoms with E-state index in [4.69, 9.17) is 10.5 Å². The number of amides is 4. The number of nitrogens with zero attached hydrogens (tertiary/aromatic N) is 4. The molecule has 0 aliphatic heterocycles. The second-order valence-electron chi connectivity index (χ2n) is 13.1. The van der Waals surface area contributed by atoms with Crippen molar-refractivity contribution >= 4 is 71.0 Å². The minimum Gasteiger partial charge on any atom is -0.370 e. The molecule has 0 bridgehead atoms. The van der Waals surface area contributed by atoms with E-state index < -0.39 is 0 Å². The van der Waals surface area contributed by atoms with E-state index in [9.17, 15) is 9.59 Å². The number of nitrogens with one attached hydrogen (secondary N) is 4. The number of hydrogen-bond acceptors (Lipinski definition) is 14. The van der Waals surface area contributed by atoms with Gasteiger partial charge in [-0.25, -0.2) is 20.1 Å². The number of benzene rings is 4. The summed E-state index contributed by atoms with van der Waals surface area (Å²) in [5.74, 6) is 0. The largest absolute Gasteiger partial charge is 0.370 e. The average molecular weight is 863 g/mol. The summed E-state index contributed by atoms with van der Waals surface area (Å²) in [5.41, 5.74) is 5.45. The van der Waals surface area contributed by atoms with Gasteiger partial charge in [0.15, 0.2) is 0 Å². The quantitative estimate of drug-likeness (QED) is 0.00833. The van der Waals surface area contributed by atoms with Crippen LogP contribution >= 0.6 is 24.1 Å². The highest BCUT2D eigenvalue weighted by Gasteiger charge is 2.08. The molecule has 0 spiro atoms. The topological polar surface area (TPSA) is 191 Å². The van der Waals surface area contributed by atoms with Gasteiger partial charge in [0.2, 0.25) is 0 Å². The Balaban J connectivity index is 1.01. The first-order valence-electron chi connectivity index (χ1n) is 19.7. The Kier molecular flexibility index (Phi) is 22.4. The molecule has 0 saturated carbocycles. The Morgan fingerprint density at radius 1 is 0.583 bits per heavy atom. The number of hydrogen-bond donors (Lipinski definition) is 6. The van der Waals surface area contributed by atoms with Crippen molar-refractivity contribution in [2.24, 2.45) is 10.2 Å². The van der Waals surface area contributed by atoms with Gasteiger partial charge in [0.1, 0.15) is 0 Å². The SMILES string of the molecule is CCN(CCNC(=O)NCCCCCCNC(=O)NCCN(CC)c1ccc(/N=N/c2cccc(SOOO)c2)cc1)c1ccc(/C=C/c2cccc(SOOO)c2)cc1. The smallest absolute Gasteiger partial charge is 0.314 e. The number of urea groups is 2. The second-order valence-corrected chi connectivity index (χ2v) is 14.7. The van der Waals surface area contributed by atoms with Crippen LogP contribution < -0.4 is 31.1 Å². The molecule has 18 heteroatoms. The third-order valence-electron chi connectivity index (χ3n) is 8.99. The highest BCUT2D eigenvalue weighted by molar-refractivity contribution is 7.94. The first kappa shape index (κ1) is 47.5. The highest BCUT2D eigenvalue weighted by atomic mass is 32.2. The number of azo groups is 1. The van der Waals surface area contributed by atoms with Crippen LogP contribution in [0.1, 0.15) is 50.7 Å². The summed E-state index contributed by atoms with van der Waals surface area (Å²) >= 11 is 1.78. The van der Waals surface area contributed by atoms with E-state index in [1.54, 1.807) is 24.3 Å². The van der Waals surface area contributed by atoms with Crippen molar-refractivity contribution in [2.45, 2.75) is 49.3 Å². The Labute approximate surface area is 359 Å². The van der Waals surface area contributed by atoms with E-state index in [1.165, 1.54) is 0 Å². The summed E-state index contributed by atoms with van der Waals surface area (Å²) in [6, 6.07) is 30.4. The van der Waals surface area contributed by atoms with E-state index in [2.05, 4.69) is 98.2 Å². The summed E-state index contributed by atoms with van der Waals surface area (Å²) in [6.07, 6.45) is 7.65. The first-order valence-corrected chi connectivity index (χ1v) is 21.2. The fourth-order valence-corrected chi connectivity index (χ4v) is 6.73. The maximum atomic E-state index is 12.4. The van der Waals surface area contributed by atoms with Gasteiger partial charge in [-0.1, -0.05) is 65.4 Å². The summed E-state index contributed by atoms with van der Waals surface area (Å²) in [4.78, 5) is 30.6. The molecule has 0 aliphatic carbocycles. The van der Waals surface area contributed by atoms with Crippen LogP contribution in [0.3, 0.4) is 0 Å². The zero-order chi connectivity index (χ0) is 42.6. The lowest BCUT2D eigenvalue weighted by Crippen LogP contribution is -2.41. The van der Waals surface area contributed by atoms with Crippen LogP contribution in [0.5, 0.6) is 0 Å². The molecule has 0 radical (unpaired) electrons. The Hall–Kier alpha value is -5.18. The molecule has 0 saturated heterocycles. The molecule has 4 amide bonds. The molecule has 4 aromatic rings. The number of likely N-dealkylation sites (N-methyl/N-ethyl adjacent to an activating group) is 2. The van der Waals surface area contributed by atoms with Crippen LogP contribution in [0.4, 0.5) is 32.3 Å². The zero-order valence-corrected chi connectivity index (χ0v) is 35.5. The molecule has 0 heterocycles. The molecule has 4 rings (SSSR count). The first-order chi connectivity index (χ1) is 29.4. The Morgan fingerprint density at radius 3 is 1.62 bits per heavy atom. The van der Waals surface area contributed by atoms with Gasteiger partial charge in [-0.05, 0) is 105 Å². The highest BCUT2D eigenvalue weighted by Crippen LogP contribution is 2.27. The van der Waals surface area contributed by atoms with E-state index in [1.807, 2.05) is 60.7 Å². The van der Waals surface area contributed by atoms with Crippen molar-refractivity contribution in [3.63, 3.8) is 0 Å². The van der Waals surface area contributed by atoms with E-state index in [0.717, 1.165) is 90.3 Å². The maximum absolute atomic E-state index is 12.4. The maximum Gasteiger partial charge on any atom is 0.314 e. The minimum atomic E-state index is -0.189. The fraction of sp³-hybridized carbons (Fsp3) is 0.333. The van der Waals surface area contributed by atoms with Crippen molar-refractivity contribution in [1.29, 1.82) is 0 Å². The Morgan fingerprint density at radius 2 is 1.07 bits per heavy atom. The molecule has 16 nitrogen and oxygen atoms in total. The van der Waals surface area contributed by atoms with Crippen molar-refractivity contribution in [3.8, 4) is 0 Å². The van der Waals surface area contributed by atoms with Crippen LogP contribution in [0, 0.1) is 0 Å². The molecule has 0 unspecified atom stereocenters. The molecular weight excluding hydrogens is 809 g/mol. The van der Waals surface area contributed by atoms with Crippen LogP contribution in [-0.4, -0.2) is 74.9 Å². The Bertz CT molecular complexity index is 1770. The standard InChI is InChI=1S/C42H54N8O8S2/c1-3-49(37-21-17-33(18-22-37)15-16-34-11-9-13-39(31-34)59-57-55-53)29-27-45-41(51)43-25-7-5-6-8-26-44-42(52)46-28-30-50(4-2)38-23-19-35(20-24-38)47-48-36-12-10-14-40(32-36)60-58-56-54/h9-24,31-32,53-54H,3-8,25-30H2,1-2H3,(H2,43,45,51)(H2,44,46,52)/b16-15+,48-47+. The van der Waals surface area contributed by atoms with Crippen molar-refractivity contribution in [3.05, 3.63) is 108 Å². The van der Waals surface area contributed by atoms with Gasteiger partial charge in [0, 0.05) is 73.5 Å². The predicted octanol–water partition coefficient (Wildman–Crippen LogP) is 9.64. The summed E-state index contributed by atoms with van der Waals surface area (Å²) < 4.78 is 8.96. The van der Waals surface area contributed by atoms with Crippen molar-refractivity contribution in [2.75, 3.05) is 62.2 Å². The third kappa shape index (κ3) is 18.4. The number of rotatable bonds is 27. The molecule has 322 valence electrons. The van der Waals surface area contributed by atoms with Gasteiger partial charge in [0.05, 0.1) is 35.5 Å². The van der Waals surface area contributed by atoms with Gasteiger partial charge in [-0.3, -0.25) is 0 Å². The molecule has 6 N–H and O–H groups in total. The van der Waals surface area contributed by atoms with Gasteiger partial charge in [0.25, 0.3) is 0 Å². The number of carbonyl (C=O) groups is 2. The minimum absolute atomic E-state index is 0.176. The van der Waals surface area contributed by atoms with E-state index in [-0.39, 0.29) is 12.1 Å². The van der Waals surface area contributed by atoms with Gasteiger partial charge < -0.3 is 31.1 Å². The number of anilines is 2. The second kappa shape index (κ2) is 28.3. The normalized spacial score (nSPS) is 11.2. The van der Waals surface area contributed by atoms with Gasteiger partial charge >= 0.3 is 12.1 Å². The lowest BCUT2D eigenvalue weighted by atomic mass is 10.1. The zero-order valence-electron chi connectivity index (χ0n) is 33.8. The monoisotopic (exact) mass is 862 g/mol. The molecule has 0 fully saturated rings. The molecule has 4 aromatic carbocycles. The summed E-state index contributed by atoms with van der Waals surface area (Å²) in [7, 11) is 0. The van der Waals surface area contributed by atoms with Crippen LogP contribution in [0.15, 0.2) is 117 Å². The summed E-state index contributed by atoms with van der Waals surface area (Å²) in [5, 5.41) is 44.3. The van der Waals surface area contributed by atoms with E-state index >= 15 is 0 Å². The lowest BCUT2D eigenvalue weighted by molar-refractivity contribution is -0.432. The van der Waals surface area contributed by atoms with Gasteiger partial charge in [-0.2, -0.15) is 10.2 Å². The number of carbonyl (C=O) groups excluding carboxylic acids is 2.